The molecule has 2 aromatic heterocycles. The van der Waals surface area contributed by atoms with Crippen LogP contribution in [0, 0.1) is 0 Å². The Morgan fingerprint density at radius 1 is 1.18 bits per heavy atom. The average Bonchev–Trinajstić information content (AvgIpc) is 3.26. The number of phenolic OH excluding ortho intramolecular Hbond substituents is 1. The molecule has 1 amide bonds. The number of hydrogen-bond acceptors (Lipinski definition) is 4. The summed E-state index contributed by atoms with van der Waals surface area (Å²) in [7, 11) is 0. The minimum Gasteiger partial charge on any atom is -0.506 e. The lowest BCUT2D eigenvalue weighted by Gasteiger charge is -2.06. The van der Waals surface area contributed by atoms with E-state index in [9.17, 15) is 27.5 Å². The molecule has 3 rings (SSSR count). The van der Waals surface area contributed by atoms with E-state index < -0.39 is 30.1 Å². The first-order valence-electron chi connectivity index (χ1n) is 7.77. The second-order valence-corrected chi connectivity index (χ2v) is 6.07. The normalized spacial score (nSPS) is 11.4. The Labute approximate surface area is 160 Å². The van der Waals surface area contributed by atoms with Gasteiger partial charge < -0.3 is 14.8 Å². The van der Waals surface area contributed by atoms with Crippen molar-refractivity contribution in [1.29, 1.82) is 0 Å². The van der Waals surface area contributed by atoms with Crippen LogP contribution in [0.2, 0.25) is 5.02 Å². The van der Waals surface area contributed by atoms with Crippen molar-refractivity contribution < 1.29 is 31.9 Å². The summed E-state index contributed by atoms with van der Waals surface area (Å²) in [5.74, 6) is -1.09. The molecule has 0 bridgehead atoms. The molecule has 2 N–H and O–H groups in total. The molecule has 0 saturated carbocycles. The van der Waals surface area contributed by atoms with Crippen LogP contribution in [-0.4, -0.2) is 20.8 Å². The first-order chi connectivity index (χ1) is 13.2. The number of rotatable bonds is 6. The van der Waals surface area contributed by atoms with Crippen molar-refractivity contribution in [1.82, 2.24) is 9.78 Å². The fourth-order valence-electron chi connectivity index (χ4n) is 2.39. The predicted octanol–water partition coefficient (Wildman–Crippen LogP) is 5.01. The van der Waals surface area contributed by atoms with Gasteiger partial charge in [0.15, 0.2) is 5.76 Å². The number of phenols is 1. The van der Waals surface area contributed by atoms with Crippen LogP contribution in [-0.2, 0) is 6.54 Å². The van der Waals surface area contributed by atoms with E-state index >= 15 is 0 Å². The quantitative estimate of drug-likeness (QED) is 0.436. The molecule has 0 saturated heterocycles. The highest BCUT2D eigenvalue weighted by molar-refractivity contribution is 6.31. The van der Waals surface area contributed by atoms with E-state index in [1.165, 1.54) is 30.3 Å². The Morgan fingerprint density at radius 2 is 1.93 bits per heavy atom. The predicted molar refractivity (Wildman–Crippen MR) is 91.0 cm³/mol. The average molecular weight is 418 g/mol. The number of furan rings is 1. The molecule has 0 aliphatic rings. The molecule has 0 radical (unpaired) electrons. The number of carbonyl (C=O) groups is 1. The highest BCUT2D eigenvalue weighted by Crippen LogP contribution is 2.28. The largest absolute Gasteiger partial charge is 0.506 e. The third kappa shape index (κ3) is 4.28. The minimum atomic E-state index is -3.01. The zero-order chi connectivity index (χ0) is 20.4. The van der Waals surface area contributed by atoms with Crippen LogP contribution in [0.4, 0.5) is 23.2 Å². The first kappa shape index (κ1) is 19.7. The molecule has 148 valence electrons. The third-order valence-electron chi connectivity index (χ3n) is 3.67. The fraction of sp³-hybridized carbons (Fsp3) is 0.176. The standard InChI is InChI=1S/C17H12ClF4N3O3/c18-8-1-3-13(26)10(5-8)23-17(27)14-4-2-9(28-14)7-25-12(16(21)22)6-11(24-25)15(19)20/h1-6,15-16,26H,7H2,(H,23,27). The van der Waals surface area contributed by atoms with Gasteiger partial charge in [-0.15, -0.1) is 0 Å². The van der Waals surface area contributed by atoms with Gasteiger partial charge in [-0.1, -0.05) is 11.6 Å². The summed E-state index contributed by atoms with van der Waals surface area (Å²) in [6.45, 7) is -0.373. The Balaban J connectivity index is 1.77. The summed E-state index contributed by atoms with van der Waals surface area (Å²) in [4.78, 5) is 12.2. The number of aromatic hydroxyl groups is 1. The maximum absolute atomic E-state index is 13.0. The van der Waals surface area contributed by atoms with Crippen molar-refractivity contribution in [3.05, 3.63) is 64.3 Å². The van der Waals surface area contributed by atoms with E-state index in [-0.39, 0.29) is 34.5 Å². The van der Waals surface area contributed by atoms with Gasteiger partial charge in [0, 0.05) is 5.02 Å². The minimum absolute atomic E-state index is 0.0455. The molecular formula is C17H12ClF4N3O3. The molecule has 1 aromatic carbocycles. The first-order valence-corrected chi connectivity index (χ1v) is 8.15. The van der Waals surface area contributed by atoms with Gasteiger partial charge in [0.25, 0.3) is 18.8 Å². The molecule has 11 heteroatoms. The van der Waals surface area contributed by atoms with Crippen LogP contribution in [0.15, 0.2) is 40.8 Å². The van der Waals surface area contributed by atoms with Crippen molar-refractivity contribution >= 4 is 23.2 Å². The summed E-state index contributed by atoms with van der Waals surface area (Å²) in [6, 6.07) is 7.25. The number of nitrogens with one attached hydrogen (secondary N) is 1. The summed E-state index contributed by atoms with van der Waals surface area (Å²) in [5, 5.41) is 15.8. The second kappa shape index (κ2) is 7.93. The van der Waals surface area contributed by atoms with Crippen molar-refractivity contribution in [2.75, 3.05) is 5.32 Å². The lowest BCUT2D eigenvalue weighted by atomic mass is 10.3. The molecule has 0 aliphatic carbocycles. The third-order valence-corrected chi connectivity index (χ3v) is 3.91. The van der Waals surface area contributed by atoms with Crippen LogP contribution in [0.3, 0.4) is 0 Å². The molecule has 0 spiro atoms. The van der Waals surface area contributed by atoms with Crippen molar-refractivity contribution in [2.24, 2.45) is 0 Å². The van der Waals surface area contributed by atoms with Gasteiger partial charge in [0.05, 0.1) is 12.2 Å². The maximum Gasteiger partial charge on any atom is 0.291 e. The molecule has 3 aromatic rings. The smallest absolute Gasteiger partial charge is 0.291 e. The van der Waals surface area contributed by atoms with E-state index in [1.54, 1.807) is 0 Å². The van der Waals surface area contributed by atoms with E-state index in [1.807, 2.05) is 0 Å². The molecule has 6 nitrogen and oxygen atoms in total. The van der Waals surface area contributed by atoms with Gasteiger partial charge in [-0.3, -0.25) is 9.48 Å². The number of anilines is 1. The van der Waals surface area contributed by atoms with Crippen LogP contribution in [0.1, 0.15) is 40.6 Å². The summed E-state index contributed by atoms with van der Waals surface area (Å²) in [5.41, 5.74) is -1.43. The maximum atomic E-state index is 13.0. The number of nitrogens with zero attached hydrogens (tertiary/aromatic N) is 2. The number of carbonyl (C=O) groups excluding carboxylic acids is 1. The van der Waals surface area contributed by atoms with Gasteiger partial charge >= 0.3 is 0 Å². The fourth-order valence-corrected chi connectivity index (χ4v) is 2.56. The van der Waals surface area contributed by atoms with E-state index in [2.05, 4.69) is 10.4 Å². The van der Waals surface area contributed by atoms with Crippen molar-refractivity contribution in [2.45, 2.75) is 19.4 Å². The van der Waals surface area contributed by atoms with Crippen LogP contribution in [0.25, 0.3) is 0 Å². The molecule has 0 unspecified atom stereocenters. The molecule has 0 atom stereocenters. The number of alkyl halides is 4. The lowest BCUT2D eigenvalue weighted by molar-refractivity contribution is 0.0993. The van der Waals surface area contributed by atoms with Crippen LogP contribution >= 0.6 is 11.6 Å². The number of amides is 1. The Morgan fingerprint density at radius 3 is 2.61 bits per heavy atom. The Kier molecular flexibility index (Phi) is 5.59. The molecule has 0 aliphatic heterocycles. The topological polar surface area (TPSA) is 80.3 Å². The van der Waals surface area contributed by atoms with E-state index in [4.69, 9.17) is 16.0 Å². The van der Waals surface area contributed by atoms with Gasteiger partial charge in [0.2, 0.25) is 0 Å². The summed E-state index contributed by atoms with van der Waals surface area (Å²) < 4.78 is 57.4. The Bertz CT molecular complexity index is 1000. The summed E-state index contributed by atoms with van der Waals surface area (Å²) in [6.07, 6.45) is -6.01. The molecular weight excluding hydrogens is 406 g/mol. The number of hydrogen-bond donors (Lipinski definition) is 2. The molecule has 28 heavy (non-hydrogen) atoms. The monoisotopic (exact) mass is 417 g/mol. The zero-order valence-electron chi connectivity index (χ0n) is 13.9. The van der Waals surface area contributed by atoms with Gasteiger partial charge in [-0.25, -0.2) is 17.6 Å². The number of benzene rings is 1. The van der Waals surface area contributed by atoms with Gasteiger partial charge in [-0.05, 0) is 36.4 Å². The highest BCUT2D eigenvalue weighted by atomic mass is 35.5. The van der Waals surface area contributed by atoms with Gasteiger partial charge in [0.1, 0.15) is 22.9 Å². The van der Waals surface area contributed by atoms with Crippen LogP contribution < -0.4 is 5.32 Å². The number of halogens is 5. The van der Waals surface area contributed by atoms with E-state index in [0.29, 0.717) is 10.7 Å². The Hall–Kier alpha value is -3.01. The number of aromatic nitrogens is 2. The molecule has 0 fully saturated rings. The second-order valence-electron chi connectivity index (χ2n) is 5.63. The zero-order valence-corrected chi connectivity index (χ0v) is 14.6. The van der Waals surface area contributed by atoms with E-state index in [0.717, 1.165) is 0 Å². The summed E-state index contributed by atoms with van der Waals surface area (Å²) >= 11 is 5.80. The highest BCUT2D eigenvalue weighted by Gasteiger charge is 2.22. The van der Waals surface area contributed by atoms with Crippen LogP contribution in [0.5, 0.6) is 5.75 Å². The lowest BCUT2D eigenvalue weighted by Crippen LogP contribution is -2.11. The van der Waals surface area contributed by atoms with Gasteiger partial charge in [-0.2, -0.15) is 5.10 Å². The SMILES string of the molecule is O=C(Nc1cc(Cl)ccc1O)c1ccc(Cn2nc(C(F)F)cc2C(F)F)o1. The molecule has 2 heterocycles. The van der Waals surface area contributed by atoms with Crippen molar-refractivity contribution in [3.63, 3.8) is 0 Å². The van der Waals surface area contributed by atoms with Crippen molar-refractivity contribution in [3.8, 4) is 5.75 Å².